The van der Waals surface area contributed by atoms with Crippen LogP contribution in [0, 0.1) is 5.92 Å². The second-order valence-corrected chi connectivity index (χ2v) is 6.54. The summed E-state index contributed by atoms with van der Waals surface area (Å²) < 4.78 is 0. The van der Waals surface area contributed by atoms with Crippen LogP contribution in [0.15, 0.2) is 0 Å². The van der Waals surface area contributed by atoms with Crippen LogP contribution in [-0.4, -0.2) is 62.2 Å². The summed E-state index contributed by atoms with van der Waals surface area (Å²) in [4.78, 5) is 5.17. The van der Waals surface area contributed by atoms with Gasteiger partial charge < -0.3 is 15.1 Å². The molecule has 1 saturated heterocycles. The van der Waals surface area contributed by atoms with Crippen molar-refractivity contribution in [3.05, 3.63) is 0 Å². The highest BCUT2D eigenvalue weighted by Gasteiger charge is 2.26. The van der Waals surface area contributed by atoms with Crippen molar-refractivity contribution in [2.24, 2.45) is 5.92 Å². The molecule has 1 N–H and O–H groups in total. The lowest BCUT2D eigenvalue weighted by atomic mass is 9.99. The van der Waals surface area contributed by atoms with E-state index >= 15 is 0 Å². The number of hydrogen-bond donors (Lipinski definition) is 1. The fourth-order valence-corrected chi connectivity index (χ4v) is 3.65. The first-order chi connectivity index (χ1) is 9.29. The van der Waals surface area contributed by atoms with Crippen molar-refractivity contribution in [3.8, 4) is 0 Å². The van der Waals surface area contributed by atoms with Gasteiger partial charge in [-0.2, -0.15) is 0 Å². The van der Waals surface area contributed by atoms with Gasteiger partial charge in [-0.25, -0.2) is 0 Å². The Labute approximate surface area is 119 Å². The predicted octanol–water partition coefficient (Wildman–Crippen LogP) is 2.18. The zero-order valence-electron chi connectivity index (χ0n) is 13.0. The van der Waals surface area contributed by atoms with Gasteiger partial charge in [-0.1, -0.05) is 13.3 Å². The van der Waals surface area contributed by atoms with Gasteiger partial charge in [-0.3, -0.25) is 0 Å². The summed E-state index contributed by atoms with van der Waals surface area (Å²) in [5, 5.41) is 3.76. The lowest BCUT2D eigenvalue weighted by Gasteiger charge is -2.25. The van der Waals surface area contributed by atoms with E-state index in [2.05, 4.69) is 29.1 Å². The molecule has 0 aromatic carbocycles. The van der Waals surface area contributed by atoms with Crippen LogP contribution in [0.25, 0.3) is 0 Å². The Bertz CT molecular complexity index is 244. The van der Waals surface area contributed by atoms with Crippen LogP contribution in [0.5, 0.6) is 0 Å². The van der Waals surface area contributed by atoms with E-state index in [4.69, 9.17) is 0 Å². The third kappa shape index (κ3) is 5.05. The van der Waals surface area contributed by atoms with Crippen molar-refractivity contribution >= 4 is 0 Å². The summed E-state index contributed by atoms with van der Waals surface area (Å²) in [5.74, 6) is 0.938. The molecule has 0 aromatic rings. The lowest BCUT2D eigenvalue weighted by molar-refractivity contribution is 0.245. The maximum Gasteiger partial charge on any atom is 0.0109 e. The molecule has 2 unspecified atom stereocenters. The Morgan fingerprint density at radius 1 is 1.05 bits per heavy atom. The third-order valence-electron chi connectivity index (χ3n) is 4.94. The van der Waals surface area contributed by atoms with E-state index in [-0.39, 0.29) is 0 Å². The van der Waals surface area contributed by atoms with Gasteiger partial charge in [-0.15, -0.1) is 0 Å². The zero-order chi connectivity index (χ0) is 13.5. The molecule has 112 valence electrons. The van der Waals surface area contributed by atoms with Crippen molar-refractivity contribution in [2.45, 2.75) is 51.5 Å². The second kappa shape index (κ2) is 8.23. The number of hydrogen-bond acceptors (Lipinski definition) is 3. The largest absolute Gasteiger partial charge is 0.314 e. The van der Waals surface area contributed by atoms with E-state index in [1.54, 1.807) is 0 Å². The van der Waals surface area contributed by atoms with E-state index in [9.17, 15) is 0 Å². The highest BCUT2D eigenvalue weighted by atomic mass is 15.2. The molecule has 19 heavy (non-hydrogen) atoms. The molecular weight excluding hydrogens is 234 g/mol. The molecule has 2 aliphatic rings. The molecular formula is C16H33N3. The van der Waals surface area contributed by atoms with E-state index in [0.29, 0.717) is 0 Å². The van der Waals surface area contributed by atoms with Gasteiger partial charge in [0.15, 0.2) is 0 Å². The maximum atomic E-state index is 3.76. The molecule has 0 amide bonds. The molecule has 0 radical (unpaired) electrons. The SMILES string of the molecule is CCCNC1CCCC1CCN1CCCN(C)CC1. The van der Waals surface area contributed by atoms with E-state index in [1.807, 2.05) is 0 Å². The highest BCUT2D eigenvalue weighted by Crippen LogP contribution is 2.28. The van der Waals surface area contributed by atoms with Gasteiger partial charge in [-0.05, 0) is 71.2 Å². The number of rotatable bonds is 6. The molecule has 1 saturated carbocycles. The Morgan fingerprint density at radius 3 is 2.79 bits per heavy atom. The maximum absolute atomic E-state index is 3.76. The number of nitrogens with zero attached hydrogens (tertiary/aromatic N) is 2. The molecule has 1 aliphatic heterocycles. The Kier molecular flexibility index (Phi) is 6.62. The van der Waals surface area contributed by atoms with Gasteiger partial charge in [0.25, 0.3) is 0 Å². The van der Waals surface area contributed by atoms with Crippen LogP contribution in [-0.2, 0) is 0 Å². The van der Waals surface area contributed by atoms with Gasteiger partial charge in [0.2, 0.25) is 0 Å². The minimum Gasteiger partial charge on any atom is -0.314 e. The molecule has 0 spiro atoms. The lowest BCUT2D eigenvalue weighted by Crippen LogP contribution is -2.36. The smallest absolute Gasteiger partial charge is 0.0109 e. The Balaban J connectivity index is 1.68. The van der Waals surface area contributed by atoms with Crippen LogP contribution < -0.4 is 5.32 Å². The van der Waals surface area contributed by atoms with Gasteiger partial charge in [0.05, 0.1) is 0 Å². The molecule has 1 aliphatic carbocycles. The summed E-state index contributed by atoms with van der Waals surface area (Å²) >= 11 is 0. The van der Waals surface area contributed by atoms with Gasteiger partial charge >= 0.3 is 0 Å². The average Bonchev–Trinajstić information content (AvgIpc) is 2.76. The summed E-state index contributed by atoms with van der Waals surface area (Å²) in [5.41, 5.74) is 0. The minimum absolute atomic E-state index is 0.814. The van der Waals surface area contributed by atoms with E-state index < -0.39 is 0 Å². The van der Waals surface area contributed by atoms with Crippen molar-refractivity contribution in [1.29, 1.82) is 0 Å². The first-order valence-corrected chi connectivity index (χ1v) is 8.44. The van der Waals surface area contributed by atoms with Crippen molar-refractivity contribution < 1.29 is 0 Å². The Morgan fingerprint density at radius 2 is 1.95 bits per heavy atom. The van der Waals surface area contributed by atoms with Crippen molar-refractivity contribution in [3.63, 3.8) is 0 Å². The van der Waals surface area contributed by atoms with Crippen molar-refractivity contribution in [2.75, 3.05) is 46.3 Å². The normalized spacial score (nSPS) is 30.6. The van der Waals surface area contributed by atoms with Crippen LogP contribution in [0.1, 0.15) is 45.4 Å². The number of likely N-dealkylation sites (N-methyl/N-ethyl adjacent to an activating group) is 1. The van der Waals surface area contributed by atoms with Crippen LogP contribution in [0.4, 0.5) is 0 Å². The van der Waals surface area contributed by atoms with E-state index in [0.717, 1.165) is 12.0 Å². The summed E-state index contributed by atoms with van der Waals surface area (Å²) in [6.07, 6.45) is 8.32. The second-order valence-electron chi connectivity index (χ2n) is 6.54. The molecule has 1 heterocycles. The minimum atomic E-state index is 0.814. The molecule has 3 nitrogen and oxygen atoms in total. The summed E-state index contributed by atoms with van der Waals surface area (Å²) in [6, 6.07) is 0.814. The standard InChI is InChI=1S/C16H33N3/c1-3-9-17-16-7-4-6-15(16)8-12-19-11-5-10-18(2)13-14-19/h15-17H,3-14H2,1-2H3. The first kappa shape index (κ1) is 15.3. The van der Waals surface area contributed by atoms with Crippen molar-refractivity contribution in [1.82, 2.24) is 15.1 Å². The molecule has 0 aromatic heterocycles. The molecule has 3 heteroatoms. The quantitative estimate of drug-likeness (QED) is 0.796. The van der Waals surface area contributed by atoms with E-state index in [1.165, 1.54) is 77.8 Å². The van der Waals surface area contributed by atoms with Gasteiger partial charge in [0.1, 0.15) is 0 Å². The van der Waals surface area contributed by atoms with Crippen LogP contribution in [0.3, 0.4) is 0 Å². The Hall–Kier alpha value is -0.120. The molecule has 0 bridgehead atoms. The number of nitrogens with one attached hydrogen (secondary N) is 1. The topological polar surface area (TPSA) is 18.5 Å². The fourth-order valence-electron chi connectivity index (χ4n) is 3.65. The summed E-state index contributed by atoms with van der Waals surface area (Å²) in [7, 11) is 2.26. The van der Waals surface area contributed by atoms with Gasteiger partial charge in [0, 0.05) is 19.1 Å². The van der Waals surface area contributed by atoms with Crippen LogP contribution in [0.2, 0.25) is 0 Å². The molecule has 2 fully saturated rings. The predicted molar refractivity (Wildman–Crippen MR) is 82.6 cm³/mol. The first-order valence-electron chi connectivity index (χ1n) is 8.44. The molecule has 2 rings (SSSR count). The summed E-state index contributed by atoms with van der Waals surface area (Å²) in [6.45, 7) is 9.91. The zero-order valence-corrected chi connectivity index (χ0v) is 13.0. The average molecular weight is 267 g/mol. The van der Waals surface area contributed by atoms with Crippen LogP contribution >= 0.6 is 0 Å². The molecule has 2 atom stereocenters. The highest BCUT2D eigenvalue weighted by molar-refractivity contribution is 4.84. The fraction of sp³-hybridized carbons (Fsp3) is 1.00. The third-order valence-corrected chi connectivity index (χ3v) is 4.94. The monoisotopic (exact) mass is 267 g/mol.